The quantitative estimate of drug-likeness (QED) is 0.703. The van der Waals surface area contributed by atoms with Gasteiger partial charge < -0.3 is 15.2 Å². The Bertz CT molecular complexity index is 258. The zero-order valence-electron chi connectivity index (χ0n) is 9.86. The highest BCUT2D eigenvalue weighted by Crippen LogP contribution is 2.01. The summed E-state index contributed by atoms with van der Waals surface area (Å²) >= 11 is 0. The highest BCUT2D eigenvalue weighted by molar-refractivity contribution is 5.13. The molecule has 16 heavy (non-hydrogen) atoms. The third kappa shape index (κ3) is 5.26. The van der Waals surface area contributed by atoms with Crippen LogP contribution in [-0.2, 0) is 11.3 Å². The number of likely N-dealkylation sites (N-methyl/N-ethyl adjacent to an activating group) is 1. The van der Waals surface area contributed by atoms with Gasteiger partial charge in [-0.25, -0.2) is 0 Å². The molecule has 1 rings (SSSR count). The lowest BCUT2D eigenvalue weighted by Gasteiger charge is -2.16. The van der Waals surface area contributed by atoms with E-state index in [-0.39, 0.29) is 12.6 Å². The Labute approximate surface area is 97.4 Å². The minimum absolute atomic E-state index is 0.201. The molecule has 0 fully saturated rings. The molecule has 0 aliphatic carbocycles. The third-order valence-electron chi connectivity index (χ3n) is 2.40. The molecule has 0 saturated heterocycles. The molecule has 0 heterocycles. The fourth-order valence-corrected chi connectivity index (χ4v) is 1.58. The van der Waals surface area contributed by atoms with Gasteiger partial charge in [-0.1, -0.05) is 37.3 Å². The first-order chi connectivity index (χ1) is 7.86. The molecule has 0 spiro atoms. The summed E-state index contributed by atoms with van der Waals surface area (Å²) in [7, 11) is 0. The van der Waals surface area contributed by atoms with E-state index in [0.717, 1.165) is 13.0 Å². The zero-order chi connectivity index (χ0) is 11.6. The van der Waals surface area contributed by atoms with E-state index in [4.69, 9.17) is 9.84 Å². The summed E-state index contributed by atoms with van der Waals surface area (Å²) in [5.41, 5.74) is 1.18. The van der Waals surface area contributed by atoms with Gasteiger partial charge in [0.2, 0.25) is 0 Å². The summed E-state index contributed by atoms with van der Waals surface area (Å²) in [4.78, 5) is 0. The van der Waals surface area contributed by atoms with Gasteiger partial charge in [0.1, 0.15) is 0 Å². The molecular weight excluding hydrogens is 202 g/mol. The smallest absolute Gasteiger partial charge is 0.0717 e. The summed E-state index contributed by atoms with van der Waals surface area (Å²) in [5.74, 6) is 0. The van der Waals surface area contributed by atoms with Gasteiger partial charge in [-0.05, 0) is 18.5 Å². The standard InChI is InChI=1S/C13H21NO2/c1-2-14-13(8-9-15)11-16-10-12-6-4-3-5-7-12/h3-7,13-15H,2,8-11H2,1H3. The number of hydrogen-bond donors (Lipinski definition) is 2. The molecule has 0 aromatic heterocycles. The van der Waals surface area contributed by atoms with Crippen molar-refractivity contribution >= 4 is 0 Å². The Kier molecular flexibility index (Phi) is 6.81. The van der Waals surface area contributed by atoms with Gasteiger partial charge in [-0.15, -0.1) is 0 Å². The maximum Gasteiger partial charge on any atom is 0.0717 e. The van der Waals surface area contributed by atoms with Crippen molar-refractivity contribution < 1.29 is 9.84 Å². The summed E-state index contributed by atoms with van der Waals surface area (Å²) in [6.07, 6.45) is 0.739. The van der Waals surface area contributed by atoms with Crippen LogP contribution in [0.15, 0.2) is 30.3 Å². The Morgan fingerprint density at radius 1 is 1.31 bits per heavy atom. The summed E-state index contributed by atoms with van der Waals surface area (Å²) < 4.78 is 5.61. The average molecular weight is 223 g/mol. The second kappa shape index (κ2) is 8.28. The first-order valence-electron chi connectivity index (χ1n) is 5.82. The summed E-state index contributed by atoms with van der Waals surface area (Å²) in [5, 5.41) is 12.2. The van der Waals surface area contributed by atoms with Gasteiger partial charge in [0.25, 0.3) is 0 Å². The molecule has 1 aromatic carbocycles. The third-order valence-corrected chi connectivity index (χ3v) is 2.40. The fraction of sp³-hybridized carbons (Fsp3) is 0.538. The monoisotopic (exact) mass is 223 g/mol. The SMILES string of the molecule is CCNC(CCO)COCc1ccccc1. The van der Waals surface area contributed by atoms with Crippen LogP contribution in [0.5, 0.6) is 0 Å². The molecule has 0 bridgehead atoms. The van der Waals surface area contributed by atoms with Crippen molar-refractivity contribution in [3.8, 4) is 0 Å². The number of ether oxygens (including phenoxy) is 1. The number of benzene rings is 1. The van der Waals surface area contributed by atoms with Crippen molar-refractivity contribution in [2.24, 2.45) is 0 Å². The van der Waals surface area contributed by atoms with E-state index in [2.05, 4.69) is 12.2 Å². The Morgan fingerprint density at radius 2 is 2.06 bits per heavy atom. The Balaban J connectivity index is 2.22. The first-order valence-corrected chi connectivity index (χ1v) is 5.82. The maximum absolute atomic E-state index is 8.88. The highest BCUT2D eigenvalue weighted by atomic mass is 16.5. The van der Waals surface area contributed by atoms with E-state index < -0.39 is 0 Å². The van der Waals surface area contributed by atoms with E-state index in [1.807, 2.05) is 30.3 Å². The molecule has 1 aromatic rings. The molecule has 0 saturated carbocycles. The zero-order valence-corrected chi connectivity index (χ0v) is 9.86. The average Bonchev–Trinajstić information content (AvgIpc) is 2.31. The van der Waals surface area contributed by atoms with E-state index in [1.165, 1.54) is 5.56 Å². The van der Waals surface area contributed by atoms with Gasteiger partial charge in [0.15, 0.2) is 0 Å². The highest BCUT2D eigenvalue weighted by Gasteiger charge is 2.06. The molecule has 3 nitrogen and oxygen atoms in total. The minimum Gasteiger partial charge on any atom is -0.396 e. The molecule has 1 unspecified atom stereocenters. The molecule has 0 amide bonds. The fourth-order valence-electron chi connectivity index (χ4n) is 1.58. The molecule has 2 N–H and O–H groups in total. The molecule has 0 aliphatic rings. The van der Waals surface area contributed by atoms with Crippen LogP contribution in [0.2, 0.25) is 0 Å². The van der Waals surface area contributed by atoms with Crippen LogP contribution in [0.25, 0.3) is 0 Å². The van der Waals surface area contributed by atoms with Gasteiger partial charge in [0.05, 0.1) is 13.2 Å². The van der Waals surface area contributed by atoms with Crippen molar-refractivity contribution in [3.05, 3.63) is 35.9 Å². The van der Waals surface area contributed by atoms with Crippen LogP contribution < -0.4 is 5.32 Å². The number of rotatable bonds is 8. The molecule has 3 heteroatoms. The molecular formula is C13H21NO2. The Hall–Kier alpha value is -0.900. The number of aliphatic hydroxyl groups excluding tert-OH is 1. The number of aliphatic hydroxyl groups is 1. The van der Waals surface area contributed by atoms with E-state index in [0.29, 0.717) is 13.2 Å². The van der Waals surface area contributed by atoms with Crippen molar-refractivity contribution in [2.75, 3.05) is 19.8 Å². The van der Waals surface area contributed by atoms with Crippen molar-refractivity contribution in [2.45, 2.75) is 26.0 Å². The molecule has 1 atom stereocenters. The van der Waals surface area contributed by atoms with Crippen LogP contribution in [0, 0.1) is 0 Å². The lowest BCUT2D eigenvalue weighted by atomic mass is 10.2. The number of hydrogen-bond acceptors (Lipinski definition) is 3. The van der Waals surface area contributed by atoms with Crippen LogP contribution in [-0.4, -0.2) is 30.9 Å². The lowest BCUT2D eigenvalue weighted by Crippen LogP contribution is -2.34. The predicted octanol–water partition coefficient (Wildman–Crippen LogP) is 1.56. The van der Waals surface area contributed by atoms with Crippen LogP contribution >= 0.6 is 0 Å². The van der Waals surface area contributed by atoms with Crippen molar-refractivity contribution in [1.82, 2.24) is 5.32 Å². The molecule has 0 aliphatic heterocycles. The normalized spacial score (nSPS) is 12.6. The predicted molar refractivity (Wildman–Crippen MR) is 65.3 cm³/mol. The summed E-state index contributed by atoms with van der Waals surface area (Å²) in [6.45, 7) is 4.44. The topological polar surface area (TPSA) is 41.5 Å². The van der Waals surface area contributed by atoms with Crippen LogP contribution in [0.3, 0.4) is 0 Å². The van der Waals surface area contributed by atoms with Crippen molar-refractivity contribution in [3.63, 3.8) is 0 Å². The van der Waals surface area contributed by atoms with Crippen LogP contribution in [0.4, 0.5) is 0 Å². The first kappa shape index (κ1) is 13.2. The largest absolute Gasteiger partial charge is 0.396 e. The van der Waals surface area contributed by atoms with E-state index in [1.54, 1.807) is 0 Å². The minimum atomic E-state index is 0.201. The van der Waals surface area contributed by atoms with Gasteiger partial charge >= 0.3 is 0 Å². The van der Waals surface area contributed by atoms with Gasteiger partial charge in [-0.3, -0.25) is 0 Å². The van der Waals surface area contributed by atoms with Crippen LogP contribution in [0.1, 0.15) is 18.9 Å². The Morgan fingerprint density at radius 3 is 2.69 bits per heavy atom. The second-order valence-corrected chi connectivity index (χ2v) is 3.77. The van der Waals surface area contributed by atoms with E-state index >= 15 is 0 Å². The van der Waals surface area contributed by atoms with E-state index in [9.17, 15) is 0 Å². The second-order valence-electron chi connectivity index (χ2n) is 3.77. The maximum atomic E-state index is 8.88. The number of nitrogens with one attached hydrogen (secondary N) is 1. The molecule has 90 valence electrons. The van der Waals surface area contributed by atoms with Gasteiger partial charge in [-0.2, -0.15) is 0 Å². The van der Waals surface area contributed by atoms with Crippen molar-refractivity contribution in [1.29, 1.82) is 0 Å². The molecule has 0 radical (unpaired) electrons. The summed E-state index contributed by atoms with van der Waals surface area (Å²) in [6, 6.07) is 10.4. The lowest BCUT2D eigenvalue weighted by molar-refractivity contribution is 0.0906. The van der Waals surface area contributed by atoms with Gasteiger partial charge in [0, 0.05) is 12.6 Å².